The molecule has 18 heteroatoms. The van der Waals surface area contributed by atoms with Gasteiger partial charge in [0.15, 0.2) is 0 Å². The first kappa shape index (κ1) is 49.3. The fraction of sp³-hybridized carbons (Fsp3) is 0.667. The summed E-state index contributed by atoms with van der Waals surface area (Å²) in [7, 11) is 0. The fourth-order valence-electron chi connectivity index (χ4n) is 7.21. The van der Waals surface area contributed by atoms with Crippen LogP contribution in [0.1, 0.15) is 93.1 Å². The highest BCUT2D eigenvalue weighted by Gasteiger charge is 2.41. The molecule has 0 spiro atoms. The van der Waals surface area contributed by atoms with Crippen LogP contribution in [-0.2, 0) is 44.8 Å². The number of benzene rings is 1. The fourth-order valence-corrected chi connectivity index (χ4v) is 7.21. The number of carbonyl (C=O) groups is 8. The van der Waals surface area contributed by atoms with E-state index in [0.717, 1.165) is 0 Å². The van der Waals surface area contributed by atoms with Crippen LogP contribution in [0, 0.1) is 17.8 Å². The van der Waals surface area contributed by atoms with Gasteiger partial charge in [0.05, 0.1) is 12.7 Å². The Balaban J connectivity index is 2.10. The van der Waals surface area contributed by atoms with E-state index in [2.05, 4.69) is 37.2 Å². The SMILES string of the molecule is CC[C@H](C)[C@@H]1NC(=O)[C@H](C)NC(=O)[C@H]([C@H](C)O)NC(=O)[C@H](Cc2ccccc2)NC(=O)[C@H](CO)NC(=O)[C@H](CC(C)C)NC(=O)[C@H](CC(C)C)NC(=O)[C@H]2CCCN2C1=O. The van der Waals surface area contributed by atoms with E-state index in [-0.39, 0.29) is 37.6 Å². The quantitative estimate of drug-likeness (QED) is 0.141. The number of aliphatic hydroxyl groups is 2. The number of rotatable bonds is 10. The molecule has 0 saturated carbocycles. The maximum atomic E-state index is 14.2. The van der Waals surface area contributed by atoms with Crippen LogP contribution >= 0.6 is 0 Å². The van der Waals surface area contributed by atoms with Crippen molar-refractivity contribution >= 4 is 47.3 Å². The predicted octanol–water partition coefficient (Wildman–Crippen LogP) is -0.841. The normalized spacial score (nSPS) is 28.3. The molecule has 2 aliphatic rings. The minimum atomic E-state index is -1.61. The van der Waals surface area contributed by atoms with Crippen LogP contribution in [0.25, 0.3) is 0 Å². The highest BCUT2D eigenvalue weighted by atomic mass is 16.3. The molecule has 1 aromatic carbocycles. The highest BCUT2D eigenvalue weighted by Crippen LogP contribution is 2.22. The van der Waals surface area contributed by atoms with Crippen LogP contribution in [-0.4, -0.2) is 130 Å². The molecule has 8 amide bonds. The Hall–Kier alpha value is -5.10. The molecule has 0 unspecified atom stereocenters. The lowest BCUT2D eigenvalue weighted by Crippen LogP contribution is -2.63. The van der Waals surface area contributed by atoms with Gasteiger partial charge in [0.1, 0.15) is 48.3 Å². The van der Waals surface area contributed by atoms with Gasteiger partial charge in [-0.15, -0.1) is 0 Å². The summed E-state index contributed by atoms with van der Waals surface area (Å²) >= 11 is 0. The Labute approximate surface area is 352 Å². The summed E-state index contributed by atoms with van der Waals surface area (Å²) in [4.78, 5) is 112. The molecule has 60 heavy (non-hydrogen) atoms. The van der Waals surface area contributed by atoms with E-state index >= 15 is 0 Å². The van der Waals surface area contributed by atoms with Gasteiger partial charge in [-0.3, -0.25) is 38.4 Å². The molecule has 0 aromatic heterocycles. The summed E-state index contributed by atoms with van der Waals surface area (Å²) in [5.74, 6) is -6.69. The van der Waals surface area contributed by atoms with E-state index in [1.807, 2.05) is 34.6 Å². The zero-order chi connectivity index (χ0) is 44.8. The smallest absolute Gasteiger partial charge is 0.246 e. The van der Waals surface area contributed by atoms with E-state index in [0.29, 0.717) is 24.8 Å². The van der Waals surface area contributed by atoms with Crippen molar-refractivity contribution in [2.24, 2.45) is 17.8 Å². The number of nitrogens with zero attached hydrogens (tertiary/aromatic N) is 1. The van der Waals surface area contributed by atoms with Crippen LogP contribution in [0.2, 0.25) is 0 Å². The van der Waals surface area contributed by atoms with Crippen LogP contribution in [0.4, 0.5) is 0 Å². The molecule has 2 fully saturated rings. The van der Waals surface area contributed by atoms with Crippen molar-refractivity contribution < 1.29 is 48.6 Å². The van der Waals surface area contributed by atoms with Crippen molar-refractivity contribution in [2.45, 2.75) is 148 Å². The molecule has 0 aliphatic carbocycles. The van der Waals surface area contributed by atoms with Gasteiger partial charge in [-0.25, -0.2) is 0 Å². The second-order valence-electron chi connectivity index (χ2n) is 16.9. The van der Waals surface area contributed by atoms with E-state index in [1.54, 1.807) is 37.3 Å². The van der Waals surface area contributed by atoms with Crippen molar-refractivity contribution in [1.29, 1.82) is 0 Å². The van der Waals surface area contributed by atoms with Gasteiger partial charge in [-0.1, -0.05) is 78.3 Å². The summed E-state index contributed by atoms with van der Waals surface area (Å²) < 4.78 is 0. The minimum Gasteiger partial charge on any atom is -0.394 e. The lowest BCUT2D eigenvalue weighted by molar-refractivity contribution is -0.143. The van der Waals surface area contributed by atoms with Crippen LogP contribution in [0.5, 0.6) is 0 Å². The van der Waals surface area contributed by atoms with Crippen LogP contribution in [0.15, 0.2) is 30.3 Å². The van der Waals surface area contributed by atoms with Gasteiger partial charge in [0.2, 0.25) is 47.3 Å². The van der Waals surface area contributed by atoms with Crippen molar-refractivity contribution in [1.82, 2.24) is 42.1 Å². The Kier molecular flexibility index (Phi) is 18.9. The molecule has 0 bridgehead atoms. The number of fused-ring (bicyclic) bond motifs is 1. The standard InChI is InChI=1S/C42H66N8O10/c1-9-24(6)33-42(60)50-17-13-16-32(50)40(58)46-29(19-23(4)5)36(54)44-28(18-22(2)3)37(55)47-31(21-51)39(57)45-30(20-27-14-11-10-12-15-27)38(56)49-34(26(8)52)41(59)43-25(7)35(53)48-33/h10-12,14-15,22-26,28-34,51-52H,9,13,16-21H2,1-8H3,(H,43,59)(H,44,54)(H,45,57)(H,46,58)(H,47,55)(H,48,53)(H,49,56)/t24-,25-,26-,28-,29-,30-,31-,32+,33-,34-/m0/s1. The van der Waals surface area contributed by atoms with Crippen LogP contribution < -0.4 is 37.2 Å². The molecular formula is C42H66N8O10. The maximum Gasteiger partial charge on any atom is 0.246 e. The van der Waals surface area contributed by atoms with E-state index in [1.165, 1.54) is 18.7 Å². The first-order valence-electron chi connectivity index (χ1n) is 21.0. The third kappa shape index (κ3) is 14.0. The van der Waals surface area contributed by atoms with Gasteiger partial charge in [0, 0.05) is 13.0 Å². The molecule has 2 heterocycles. The van der Waals surface area contributed by atoms with E-state index in [4.69, 9.17) is 0 Å². The Morgan fingerprint density at radius 3 is 1.67 bits per heavy atom. The third-order valence-electron chi connectivity index (χ3n) is 10.8. The van der Waals surface area contributed by atoms with E-state index < -0.39 is 114 Å². The van der Waals surface area contributed by atoms with Gasteiger partial charge >= 0.3 is 0 Å². The summed E-state index contributed by atoms with van der Waals surface area (Å²) in [6, 6.07) is -1.66. The summed E-state index contributed by atoms with van der Waals surface area (Å²) in [6.45, 7) is 12.9. The Morgan fingerprint density at radius 2 is 1.13 bits per heavy atom. The largest absolute Gasteiger partial charge is 0.394 e. The molecule has 18 nitrogen and oxygen atoms in total. The monoisotopic (exact) mass is 842 g/mol. The number of aliphatic hydroxyl groups excluding tert-OH is 2. The summed E-state index contributed by atoms with van der Waals surface area (Å²) in [6.07, 6.45) is -0.0355. The Bertz CT molecular complexity index is 1670. The highest BCUT2D eigenvalue weighted by molar-refractivity contribution is 5.99. The third-order valence-corrected chi connectivity index (χ3v) is 10.8. The van der Waals surface area contributed by atoms with Crippen LogP contribution in [0.3, 0.4) is 0 Å². The topological polar surface area (TPSA) is 264 Å². The second-order valence-corrected chi connectivity index (χ2v) is 16.9. The number of hydrogen-bond donors (Lipinski definition) is 9. The van der Waals surface area contributed by atoms with Crippen molar-refractivity contribution in [3.05, 3.63) is 35.9 Å². The molecule has 2 saturated heterocycles. The van der Waals surface area contributed by atoms with Gasteiger partial charge in [-0.05, 0) is 62.8 Å². The van der Waals surface area contributed by atoms with Crippen molar-refractivity contribution in [3.63, 3.8) is 0 Å². The summed E-state index contributed by atoms with van der Waals surface area (Å²) in [5, 5.41) is 39.2. The molecule has 0 radical (unpaired) electrons. The van der Waals surface area contributed by atoms with E-state index in [9.17, 15) is 48.6 Å². The number of nitrogens with one attached hydrogen (secondary N) is 7. The maximum absolute atomic E-state index is 14.2. The van der Waals surface area contributed by atoms with Gasteiger partial charge in [0.25, 0.3) is 0 Å². The lowest BCUT2D eigenvalue weighted by Gasteiger charge is -2.33. The first-order valence-corrected chi connectivity index (χ1v) is 21.0. The number of amides is 8. The van der Waals surface area contributed by atoms with Crippen molar-refractivity contribution in [3.8, 4) is 0 Å². The number of carbonyl (C=O) groups excluding carboxylic acids is 8. The molecule has 3 rings (SSSR count). The summed E-state index contributed by atoms with van der Waals surface area (Å²) in [5.41, 5.74) is 0.604. The van der Waals surface area contributed by atoms with Gasteiger partial charge < -0.3 is 52.3 Å². The molecule has 2 aliphatic heterocycles. The zero-order valence-corrected chi connectivity index (χ0v) is 36.1. The zero-order valence-electron chi connectivity index (χ0n) is 36.1. The molecule has 1 aromatic rings. The predicted molar refractivity (Wildman–Crippen MR) is 221 cm³/mol. The van der Waals surface area contributed by atoms with Gasteiger partial charge in [-0.2, -0.15) is 0 Å². The second kappa shape index (κ2) is 23.0. The molecule has 334 valence electrons. The van der Waals surface area contributed by atoms with Crippen molar-refractivity contribution in [2.75, 3.05) is 13.2 Å². The number of hydrogen-bond acceptors (Lipinski definition) is 10. The molecular weight excluding hydrogens is 777 g/mol. The average molecular weight is 843 g/mol. The average Bonchev–Trinajstić information content (AvgIpc) is 3.69. The molecule has 10 atom stereocenters. The first-order chi connectivity index (χ1) is 28.3. The Morgan fingerprint density at radius 1 is 0.633 bits per heavy atom. The minimum absolute atomic E-state index is 0.0848. The molecule has 9 N–H and O–H groups in total. The lowest BCUT2D eigenvalue weighted by atomic mass is 9.96.